The van der Waals surface area contributed by atoms with Gasteiger partial charge in [-0.05, 0) is 118 Å². The third-order valence-electron chi connectivity index (χ3n) is 12.5. The molecule has 0 spiro atoms. The zero-order valence-electron chi connectivity index (χ0n) is 38.5. The minimum absolute atomic E-state index is 0.0788. The van der Waals surface area contributed by atoms with E-state index in [4.69, 9.17) is 14.6 Å². The number of halogens is 1. The number of aromatic nitrogens is 3. The van der Waals surface area contributed by atoms with E-state index in [1.807, 2.05) is 61.8 Å². The van der Waals surface area contributed by atoms with Gasteiger partial charge in [0.2, 0.25) is 29.5 Å². The molecule has 5 aromatic rings. The van der Waals surface area contributed by atoms with Crippen LogP contribution < -0.4 is 25.4 Å². The van der Waals surface area contributed by atoms with Crippen molar-refractivity contribution in [3.05, 3.63) is 91.1 Å². The number of carbonyl (C=O) groups is 5. The number of nitrogens with zero attached hydrogens (tertiary/aromatic N) is 5. The van der Waals surface area contributed by atoms with Crippen molar-refractivity contribution in [2.75, 3.05) is 44.4 Å². The molecule has 1 saturated carbocycles. The van der Waals surface area contributed by atoms with Crippen LogP contribution in [0.4, 0.5) is 15.8 Å². The number of fused-ring (bicyclic) bond motifs is 1. The van der Waals surface area contributed by atoms with Gasteiger partial charge in [0.05, 0.1) is 24.9 Å². The fourth-order valence-electron chi connectivity index (χ4n) is 8.12. The number of benzene rings is 3. The highest BCUT2D eigenvalue weighted by Crippen LogP contribution is 2.48. The number of likely N-dealkylation sites (N-methyl/N-ethyl adjacent to an activating group) is 1. The first-order valence-electron chi connectivity index (χ1n) is 22.6. The first kappa shape index (κ1) is 47.1. The zero-order chi connectivity index (χ0) is 47.2. The van der Waals surface area contributed by atoms with E-state index in [1.54, 1.807) is 55.6 Å². The topological polar surface area (TPSA) is 177 Å². The Kier molecular flexibility index (Phi) is 14.4. The van der Waals surface area contributed by atoms with Crippen LogP contribution in [0.5, 0.6) is 17.2 Å². The Morgan fingerprint density at radius 3 is 2.14 bits per heavy atom. The third kappa shape index (κ3) is 11.0. The molecular formula is C50H59FN8O7. The van der Waals surface area contributed by atoms with E-state index < -0.39 is 34.5 Å². The Balaban J connectivity index is 0.904. The largest absolute Gasteiger partial charge is 0.496 e. The van der Waals surface area contributed by atoms with Crippen LogP contribution in [-0.2, 0) is 24.0 Å². The van der Waals surface area contributed by atoms with Crippen molar-refractivity contribution < 1.29 is 37.8 Å². The number of carbonyl (C=O) groups excluding carboxylic acids is 5. The lowest BCUT2D eigenvalue weighted by Gasteiger charge is -2.33. The molecule has 1 saturated heterocycles. The Morgan fingerprint density at radius 1 is 0.894 bits per heavy atom. The van der Waals surface area contributed by atoms with E-state index in [2.05, 4.69) is 20.9 Å². The minimum atomic E-state index is -1.19. The number of hydrogen-bond donors (Lipinski definition) is 3. The number of unbranched alkanes of at least 4 members (excludes halogenated alkanes) is 1. The quantitative estimate of drug-likeness (QED) is 0.0614. The maximum Gasteiger partial charge on any atom is 0.245 e. The van der Waals surface area contributed by atoms with Crippen LogP contribution in [0.3, 0.4) is 0 Å². The molecule has 348 valence electrons. The Morgan fingerprint density at radius 2 is 1.53 bits per heavy atom. The van der Waals surface area contributed by atoms with Crippen LogP contribution in [0.2, 0.25) is 0 Å². The van der Waals surface area contributed by atoms with Crippen molar-refractivity contribution in [1.82, 2.24) is 29.9 Å². The van der Waals surface area contributed by atoms with Crippen molar-refractivity contribution >= 4 is 51.8 Å². The lowest BCUT2D eigenvalue weighted by Crippen LogP contribution is -2.53. The highest BCUT2D eigenvalue weighted by atomic mass is 19.1. The number of anilines is 2. The fourth-order valence-corrected chi connectivity index (χ4v) is 8.12. The molecule has 0 unspecified atom stereocenters. The Hall–Kier alpha value is -6.84. The lowest BCUT2D eigenvalue weighted by atomic mass is 9.85. The van der Waals surface area contributed by atoms with Crippen molar-refractivity contribution in [1.29, 1.82) is 0 Å². The summed E-state index contributed by atoms with van der Waals surface area (Å²) in [7, 11) is 3.34. The molecule has 15 nitrogen and oxygen atoms in total. The number of amides is 5. The predicted octanol–water partition coefficient (Wildman–Crippen LogP) is 8.13. The molecule has 66 heavy (non-hydrogen) atoms. The molecule has 5 amide bonds. The number of ether oxygens (including phenoxy) is 2. The van der Waals surface area contributed by atoms with Gasteiger partial charge >= 0.3 is 0 Å². The summed E-state index contributed by atoms with van der Waals surface area (Å²) in [5.41, 5.74) is 1.67. The van der Waals surface area contributed by atoms with Crippen molar-refractivity contribution in [2.45, 2.75) is 91.1 Å². The maximum absolute atomic E-state index is 13.3. The van der Waals surface area contributed by atoms with Gasteiger partial charge in [0.1, 0.15) is 34.5 Å². The first-order valence-corrected chi connectivity index (χ1v) is 22.6. The van der Waals surface area contributed by atoms with E-state index in [9.17, 15) is 28.4 Å². The van der Waals surface area contributed by atoms with Gasteiger partial charge in [0.25, 0.3) is 0 Å². The van der Waals surface area contributed by atoms with Gasteiger partial charge in [0, 0.05) is 79.8 Å². The average Bonchev–Trinajstić information content (AvgIpc) is 3.99. The van der Waals surface area contributed by atoms with Gasteiger partial charge in [-0.2, -0.15) is 5.10 Å². The van der Waals surface area contributed by atoms with Gasteiger partial charge in [-0.1, -0.05) is 20.8 Å². The Bertz CT molecular complexity index is 2560. The number of rotatable bonds is 17. The molecule has 3 aromatic carbocycles. The van der Waals surface area contributed by atoms with Crippen LogP contribution >= 0.6 is 0 Å². The van der Waals surface area contributed by atoms with Crippen molar-refractivity contribution in [3.63, 3.8) is 0 Å². The van der Waals surface area contributed by atoms with E-state index in [1.165, 1.54) is 24.3 Å². The van der Waals surface area contributed by atoms with Gasteiger partial charge in [0.15, 0.2) is 0 Å². The molecule has 0 radical (unpaired) electrons. The monoisotopic (exact) mass is 902 g/mol. The number of likely N-dealkylation sites (tertiary alicyclic amines) is 1. The van der Waals surface area contributed by atoms with Crippen LogP contribution in [0, 0.1) is 16.6 Å². The van der Waals surface area contributed by atoms with Gasteiger partial charge in [-0.15, -0.1) is 0 Å². The second-order valence-electron chi connectivity index (χ2n) is 18.2. The zero-order valence-corrected chi connectivity index (χ0v) is 38.5. The summed E-state index contributed by atoms with van der Waals surface area (Å²) in [6.07, 6.45) is 9.59. The van der Waals surface area contributed by atoms with E-state index in [0.29, 0.717) is 85.9 Å². The van der Waals surface area contributed by atoms with Crippen LogP contribution in [0.15, 0.2) is 85.3 Å². The molecule has 2 aliphatic rings. The predicted molar refractivity (Wildman–Crippen MR) is 249 cm³/mol. The summed E-state index contributed by atoms with van der Waals surface area (Å²) in [4.78, 5) is 73.1. The van der Waals surface area contributed by atoms with Gasteiger partial charge < -0.3 is 35.2 Å². The van der Waals surface area contributed by atoms with Gasteiger partial charge in [-0.3, -0.25) is 33.6 Å². The van der Waals surface area contributed by atoms with Crippen molar-refractivity contribution in [3.8, 4) is 28.4 Å². The highest BCUT2D eigenvalue weighted by molar-refractivity contribution is 6.17. The molecular weight excluding hydrogens is 844 g/mol. The Labute approximate surface area is 384 Å². The summed E-state index contributed by atoms with van der Waals surface area (Å²) < 4.78 is 27.4. The summed E-state index contributed by atoms with van der Waals surface area (Å²) >= 11 is 0. The smallest absolute Gasteiger partial charge is 0.245 e. The van der Waals surface area contributed by atoms with Crippen LogP contribution in [-0.4, -0.2) is 93.9 Å². The number of methoxy groups -OCH3 is 1. The van der Waals surface area contributed by atoms with Gasteiger partial charge in [-0.25, -0.2) is 4.39 Å². The summed E-state index contributed by atoms with van der Waals surface area (Å²) in [5.74, 6) is 0.218. The number of hydrogen-bond acceptors (Lipinski definition) is 9. The standard InChI is InChI=1S/C50H59FN8O7/c1-7-57(5)46(62)45(49(2,3)4)56-43(60)10-8-9-11-44(61)58-26-21-36(22-27-58)59-31-32(30-53-59)38-28-40-39(29-42(38)65-6)41(20-25-52-40)66-37-18-16-35(17-19-37)55-48(64)50(23-24-50)47(63)54-34-14-12-33(51)13-15-34/h12-20,25,28-31,36,45H,7-11,21-24,26-27H2,1-6H3,(H,54,63)(H,55,64)(H,56,60)/t45-/m1/s1. The molecule has 3 heterocycles. The molecule has 1 atom stereocenters. The van der Waals surface area contributed by atoms with Crippen LogP contribution in [0.25, 0.3) is 22.0 Å². The molecule has 1 aliphatic heterocycles. The molecule has 1 aliphatic carbocycles. The van der Waals surface area contributed by atoms with E-state index in [0.717, 1.165) is 29.4 Å². The highest BCUT2D eigenvalue weighted by Gasteiger charge is 2.56. The maximum atomic E-state index is 13.3. The molecule has 2 fully saturated rings. The van der Waals surface area contributed by atoms with Crippen LogP contribution in [0.1, 0.15) is 85.1 Å². The number of pyridine rings is 1. The molecule has 3 N–H and O–H groups in total. The second kappa shape index (κ2) is 20.1. The minimum Gasteiger partial charge on any atom is -0.496 e. The molecule has 0 bridgehead atoms. The fraction of sp³-hybridized carbons (Fsp3) is 0.420. The normalized spacial score (nSPS) is 15.1. The summed E-state index contributed by atoms with van der Waals surface area (Å²) in [5, 5.41) is 13.9. The number of nitrogens with one attached hydrogen (secondary N) is 3. The summed E-state index contributed by atoms with van der Waals surface area (Å²) in [6.45, 7) is 9.50. The van der Waals surface area contributed by atoms with E-state index >= 15 is 0 Å². The van der Waals surface area contributed by atoms with E-state index in [-0.39, 0.29) is 30.2 Å². The number of piperidine rings is 1. The molecule has 2 aromatic heterocycles. The second-order valence-corrected chi connectivity index (χ2v) is 18.2. The SMILES string of the molecule is CCN(C)C(=O)[C@@H](NC(=O)CCCCC(=O)N1CCC(n2cc(-c3cc4nccc(Oc5ccc(NC(=O)C6(C(=O)Nc7ccc(F)cc7)CC6)cc5)c4cc3OC)cn2)CC1)C(C)(C)C. The average molecular weight is 903 g/mol. The molecule has 16 heteroatoms. The first-order chi connectivity index (χ1) is 31.6. The third-order valence-corrected chi connectivity index (χ3v) is 12.5. The lowest BCUT2D eigenvalue weighted by molar-refractivity contribution is -0.138. The van der Waals surface area contributed by atoms with Crippen molar-refractivity contribution in [2.24, 2.45) is 10.8 Å². The molecule has 7 rings (SSSR count). The summed E-state index contributed by atoms with van der Waals surface area (Å²) in [6, 6.07) is 17.4.